The van der Waals surface area contributed by atoms with Gasteiger partial charge in [-0.3, -0.25) is 14.6 Å². The molecule has 1 fully saturated rings. The molecule has 1 aliphatic rings. The van der Waals surface area contributed by atoms with E-state index in [1.54, 1.807) is 6.20 Å². The van der Waals surface area contributed by atoms with Gasteiger partial charge < -0.3 is 10.3 Å². The number of pyridine rings is 1. The molecule has 0 radical (unpaired) electrons. The zero-order valence-electron chi connectivity index (χ0n) is 14.5. The van der Waals surface area contributed by atoms with E-state index in [9.17, 15) is 9.59 Å². The molecule has 0 spiro atoms. The number of aromatic nitrogens is 3. The van der Waals surface area contributed by atoms with E-state index in [0.29, 0.717) is 25.1 Å². The number of amides is 1. The fourth-order valence-electron chi connectivity index (χ4n) is 3.54. The molecule has 0 aliphatic heterocycles. The average molecular weight is 348 g/mol. The number of rotatable bonds is 3. The highest BCUT2D eigenvalue weighted by molar-refractivity contribution is 5.96. The maximum absolute atomic E-state index is 12.6. The quantitative estimate of drug-likeness (QED) is 0.757. The Morgan fingerprint density at radius 1 is 1.27 bits per heavy atom. The summed E-state index contributed by atoms with van der Waals surface area (Å²) in [5.41, 5.74) is 3.16. The van der Waals surface area contributed by atoms with Gasteiger partial charge in [-0.2, -0.15) is 0 Å². The number of nitrogens with one attached hydrogen (secondary N) is 2. The predicted octanol–water partition coefficient (Wildman–Crippen LogP) is 3.57. The number of nitrogens with zero attached hydrogens (tertiary/aromatic N) is 2. The van der Waals surface area contributed by atoms with Crippen molar-refractivity contribution in [3.63, 3.8) is 0 Å². The second-order valence-electron chi connectivity index (χ2n) is 6.89. The van der Waals surface area contributed by atoms with Crippen LogP contribution in [0.1, 0.15) is 26.2 Å². The van der Waals surface area contributed by atoms with E-state index in [1.807, 2.05) is 43.3 Å². The first-order valence-electron chi connectivity index (χ1n) is 8.84. The van der Waals surface area contributed by atoms with E-state index >= 15 is 0 Å². The number of Topliss-reactive ketones (excluding diaryl/α,β-unsaturated/α-hetero) is 1. The first kappa shape index (κ1) is 16.4. The summed E-state index contributed by atoms with van der Waals surface area (Å²) in [5.74, 6) is 0.900. The van der Waals surface area contributed by atoms with Crippen molar-refractivity contribution < 1.29 is 9.59 Å². The Balaban J connectivity index is 1.54. The second-order valence-corrected chi connectivity index (χ2v) is 6.89. The van der Waals surface area contributed by atoms with Crippen molar-refractivity contribution in [2.45, 2.75) is 26.2 Å². The minimum Gasteiger partial charge on any atom is -0.337 e. The Bertz CT molecular complexity index is 964. The van der Waals surface area contributed by atoms with Crippen LogP contribution in [0.2, 0.25) is 0 Å². The molecule has 2 atom stereocenters. The number of carbonyl (C=O) groups excluding carboxylic acids is 2. The number of aromatic amines is 1. The summed E-state index contributed by atoms with van der Waals surface area (Å²) in [7, 11) is 0. The summed E-state index contributed by atoms with van der Waals surface area (Å²) in [6.45, 7) is 1.97. The number of H-pyrrole nitrogens is 1. The van der Waals surface area contributed by atoms with E-state index < -0.39 is 0 Å². The third kappa shape index (κ3) is 3.22. The molecule has 26 heavy (non-hydrogen) atoms. The highest BCUT2D eigenvalue weighted by Crippen LogP contribution is 2.29. The zero-order valence-corrected chi connectivity index (χ0v) is 14.5. The summed E-state index contributed by atoms with van der Waals surface area (Å²) in [4.78, 5) is 36.2. The molecule has 6 nitrogen and oxygen atoms in total. The van der Waals surface area contributed by atoms with Crippen LogP contribution in [0, 0.1) is 11.8 Å². The Kier molecular flexibility index (Phi) is 4.24. The molecule has 3 aromatic rings. The van der Waals surface area contributed by atoms with Crippen molar-refractivity contribution >= 4 is 28.4 Å². The number of imidazole rings is 1. The van der Waals surface area contributed by atoms with Gasteiger partial charge in [-0.15, -0.1) is 0 Å². The van der Waals surface area contributed by atoms with Gasteiger partial charge in [-0.25, -0.2) is 4.98 Å². The number of ketones is 1. The number of hydrogen-bond acceptors (Lipinski definition) is 4. The molecule has 0 saturated heterocycles. The molecule has 2 heterocycles. The second kappa shape index (κ2) is 6.71. The summed E-state index contributed by atoms with van der Waals surface area (Å²) < 4.78 is 0. The summed E-state index contributed by atoms with van der Waals surface area (Å²) in [5, 5.41) is 2.98. The van der Waals surface area contributed by atoms with Gasteiger partial charge >= 0.3 is 0 Å². The van der Waals surface area contributed by atoms with E-state index in [2.05, 4.69) is 20.3 Å². The first-order valence-corrected chi connectivity index (χ1v) is 8.84. The molecule has 6 heteroatoms. The molecule has 2 N–H and O–H groups in total. The van der Waals surface area contributed by atoms with Crippen LogP contribution in [-0.4, -0.2) is 26.6 Å². The summed E-state index contributed by atoms with van der Waals surface area (Å²) in [6.07, 6.45) is 3.34. The van der Waals surface area contributed by atoms with Crippen molar-refractivity contribution in [1.82, 2.24) is 15.0 Å². The van der Waals surface area contributed by atoms with Gasteiger partial charge in [0.25, 0.3) is 0 Å². The first-order chi connectivity index (χ1) is 12.6. The highest BCUT2D eigenvalue weighted by atomic mass is 16.2. The van der Waals surface area contributed by atoms with Gasteiger partial charge in [0.1, 0.15) is 11.5 Å². The maximum atomic E-state index is 12.6. The lowest BCUT2D eigenvalue weighted by molar-refractivity contribution is -0.127. The Morgan fingerprint density at radius 3 is 2.92 bits per heavy atom. The van der Waals surface area contributed by atoms with Crippen molar-refractivity contribution in [2.75, 3.05) is 5.32 Å². The summed E-state index contributed by atoms with van der Waals surface area (Å²) in [6, 6.07) is 11.3. The van der Waals surface area contributed by atoms with Crippen molar-refractivity contribution in [3.8, 4) is 11.5 Å². The minimum absolute atomic E-state index is 0.0196. The molecule has 1 aromatic carbocycles. The predicted molar refractivity (Wildman–Crippen MR) is 99.5 cm³/mol. The van der Waals surface area contributed by atoms with Crippen molar-refractivity contribution in [1.29, 1.82) is 0 Å². The Hall–Kier alpha value is -3.02. The standard InChI is InChI=1S/C20H20N4O2/c1-12-10-14(25)6-7-15(12)20(26)22-13-5-8-16-18(11-13)24-19(23-16)17-4-2-3-9-21-17/h2-5,8-9,11-12,15H,6-7,10H2,1H3,(H,22,26)(H,23,24)/t12-,15+/m0/s1. The van der Waals surface area contributed by atoms with Gasteiger partial charge in [0.15, 0.2) is 5.82 Å². The van der Waals surface area contributed by atoms with Crippen LogP contribution >= 0.6 is 0 Å². The minimum atomic E-state index is -0.116. The molecule has 0 unspecified atom stereocenters. The van der Waals surface area contributed by atoms with Gasteiger partial charge in [0.2, 0.25) is 5.91 Å². The van der Waals surface area contributed by atoms with Crippen LogP contribution in [-0.2, 0) is 9.59 Å². The Labute approximate surface area is 151 Å². The topological polar surface area (TPSA) is 87.7 Å². The SMILES string of the molecule is C[C@H]1CC(=O)CC[C@H]1C(=O)Nc1ccc2nc(-c3ccccn3)[nH]c2c1. The molecular weight excluding hydrogens is 328 g/mol. The van der Waals surface area contributed by atoms with Crippen LogP contribution in [0.4, 0.5) is 5.69 Å². The maximum Gasteiger partial charge on any atom is 0.227 e. The smallest absolute Gasteiger partial charge is 0.227 e. The third-order valence-corrected chi connectivity index (χ3v) is 4.96. The molecule has 4 rings (SSSR count). The van der Waals surface area contributed by atoms with Gasteiger partial charge in [0, 0.05) is 30.6 Å². The van der Waals surface area contributed by atoms with Crippen LogP contribution < -0.4 is 5.32 Å². The van der Waals surface area contributed by atoms with Crippen LogP contribution in [0.25, 0.3) is 22.6 Å². The fourth-order valence-corrected chi connectivity index (χ4v) is 3.54. The average Bonchev–Trinajstić information content (AvgIpc) is 3.05. The van der Waals surface area contributed by atoms with Gasteiger partial charge in [-0.05, 0) is 42.7 Å². The molecule has 1 amide bonds. The molecule has 132 valence electrons. The van der Waals surface area contributed by atoms with E-state index in [0.717, 1.165) is 22.4 Å². The number of carbonyl (C=O) groups is 2. The fraction of sp³-hybridized carbons (Fsp3) is 0.300. The van der Waals surface area contributed by atoms with Crippen LogP contribution in [0.5, 0.6) is 0 Å². The lowest BCUT2D eigenvalue weighted by Crippen LogP contribution is -2.33. The van der Waals surface area contributed by atoms with Crippen molar-refractivity contribution in [3.05, 3.63) is 42.6 Å². The molecule has 1 saturated carbocycles. The lowest BCUT2D eigenvalue weighted by Gasteiger charge is -2.26. The highest BCUT2D eigenvalue weighted by Gasteiger charge is 2.31. The van der Waals surface area contributed by atoms with Gasteiger partial charge in [0.05, 0.1) is 11.0 Å². The number of benzene rings is 1. The van der Waals surface area contributed by atoms with Gasteiger partial charge in [-0.1, -0.05) is 13.0 Å². The van der Waals surface area contributed by atoms with Crippen molar-refractivity contribution in [2.24, 2.45) is 11.8 Å². The number of fused-ring (bicyclic) bond motifs is 1. The number of anilines is 1. The molecule has 1 aliphatic carbocycles. The Morgan fingerprint density at radius 2 is 2.15 bits per heavy atom. The third-order valence-electron chi connectivity index (χ3n) is 4.96. The molecule has 0 bridgehead atoms. The lowest BCUT2D eigenvalue weighted by atomic mass is 9.79. The molecule has 2 aromatic heterocycles. The van der Waals surface area contributed by atoms with Crippen LogP contribution in [0.15, 0.2) is 42.6 Å². The van der Waals surface area contributed by atoms with Crippen LogP contribution in [0.3, 0.4) is 0 Å². The molecular formula is C20H20N4O2. The largest absolute Gasteiger partial charge is 0.337 e. The van der Waals surface area contributed by atoms with E-state index in [1.165, 1.54) is 0 Å². The number of hydrogen-bond donors (Lipinski definition) is 2. The monoisotopic (exact) mass is 348 g/mol. The van der Waals surface area contributed by atoms with E-state index in [4.69, 9.17) is 0 Å². The summed E-state index contributed by atoms with van der Waals surface area (Å²) >= 11 is 0. The van der Waals surface area contributed by atoms with E-state index in [-0.39, 0.29) is 23.5 Å². The normalized spacial score (nSPS) is 20.3. The zero-order chi connectivity index (χ0) is 18.1.